The first-order valence-electron chi connectivity index (χ1n) is 4.04. The van der Waals surface area contributed by atoms with Gasteiger partial charge in [0.2, 0.25) is 0 Å². The number of ether oxygens (including phenoxy) is 1. The number of morpholine rings is 1. The van der Waals surface area contributed by atoms with Crippen molar-refractivity contribution in [1.82, 2.24) is 4.90 Å². The summed E-state index contributed by atoms with van der Waals surface area (Å²) in [5.74, 6) is 0. The van der Waals surface area contributed by atoms with Crippen molar-refractivity contribution in [3.63, 3.8) is 0 Å². The Morgan fingerprint density at radius 1 is 1.20 bits per heavy atom. The molecule has 2 atom stereocenters. The second-order valence-corrected chi connectivity index (χ2v) is 3.29. The predicted molar refractivity (Wildman–Crippen MR) is 39.4 cm³/mol. The van der Waals surface area contributed by atoms with E-state index >= 15 is 0 Å². The van der Waals surface area contributed by atoms with Crippen LogP contribution in [0, 0.1) is 7.05 Å². The van der Waals surface area contributed by atoms with Crippen LogP contribution in [0.15, 0.2) is 0 Å². The summed E-state index contributed by atoms with van der Waals surface area (Å²) in [4.78, 5) is 2.24. The molecule has 0 aromatic carbocycles. The molecule has 0 aromatic rings. The highest BCUT2D eigenvalue weighted by Crippen LogP contribution is 2.25. The third kappa shape index (κ3) is 0.956. The van der Waals surface area contributed by atoms with E-state index in [1.165, 1.54) is 19.3 Å². The Balaban J connectivity index is 2.05. The maximum absolute atomic E-state index is 5.43. The second kappa shape index (κ2) is 2.51. The van der Waals surface area contributed by atoms with Gasteiger partial charge < -0.3 is 9.64 Å². The van der Waals surface area contributed by atoms with Gasteiger partial charge in [-0.2, -0.15) is 0 Å². The SMILES string of the molecule is [CH2-]N1C2CCCC1COC2. The average Bonchev–Trinajstić information content (AvgIpc) is 1.86. The van der Waals surface area contributed by atoms with Crippen molar-refractivity contribution in [2.24, 2.45) is 0 Å². The Morgan fingerprint density at radius 2 is 1.80 bits per heavy atom. The third-order valence-corrected chi connectivity index (χ3v) is 2.63. The quantitative estimate of drug-likeness (QED) is 0.466. The maximum Gasteiger partial charge on any atom is 0.0598 e. The fraction of sp³-hybridized carbons (Fsp3) is 0.875. The molecule has 2 heterocycles. The average molecular weight is 140 g/mol. The van der Waals surface area contributed by atoms with Crippen LogP contribution < -0.4 is 0 Å². The van der Waals surface area contributed by atoms with Crippen molar-refractivity contribution in [3.8, 4) is 0 Å². The van der Waals surface area contributed by atoms with Gasteiger partial charge in [-0.15, -0.1) is 0 Å². The summed E-state index contributed by atoms with van der Waals surface area (Å²) in [6.45, 7) is 1.81. The molecular formula is C8H14NO-. The van der Waals surface area contributed by atoms with Gasteiger partial charge in [0, 0.05) is 12.1 Å². The summed E-state index contributed by atoms with van der Waals surface area (Å²) < 4.78 is 5.43. The van der Waals surface area contributed by atoms with Gasteiger partial charge in [0.15, 0.2) is 0 Å². The van der Waals surface area contributed by atoms with Crippen LogP contribution in [0.5, 0.6) is 0 Å². The standard InChI is InChI=1S/C8H14NO/c1-9-7-3-2-4-8(9)6-10-5-7/h7-8H,1-6H2/q-1. The zero-order valence-electron chi connectivity index (χ0n) is 6.25. The summed E-state index contributed by atoms with van der Waals surface area (Å²) >= 11 is 0. The molecule has 0 amide bonds. The molecular weight excluding hydrogens is 126 g/mol. The highest BCUT2D eigenvalue weighted by atomic mass is 16.5. The van der Waals surface area contributed by atoms with E-state index in [1.807, 2.05) is 0 Å². The van der Waals surface area contributed by atoms with Crippen molar-refractivity contribution in [2.45, 2.75) is 31.3 Å². The molecule has 2 bridgehead atoms. The summed E-state index contributed by atoms with van der Waals surface area (Å²) in [6, 6.07) is 1.24. The minimum Gasteiger partial charge on any atom is -0.450 e. The van der Waals surface area contributed by atoms with Crippen molar-refractivity contribution in [3.05, 3.63) is 7.05 Å². The van der Waals surface area contributed by atoms with Crippen LogP contribution >= 0.6 is 0 Å². The van der Waals surface area contributed by atoms with E-state index in [9.17, 15) is 0 Å². The third-order valence-electron chi connectivity index (χ3n) is 2.63. The molecule has 2 rings (SSSR count). The molecule has 0 saturated carbocycles. The lowest BCUT2D eigenvalue weighted by molar-refractivity contribution is -0.0503. The Hall–Kier alpha value is -0.0800. The predicted octanol–water partition coefficient (Wildman–Crippen LogP) is 1.03. The number of hydrogen-bond acceptors (Lipinski definition) is 2. The van der Waals surface area contributed by atoms with Gasteiger partial charge in [-0.25, -0.2) is 0 Å². The van der Waals surface area contributed by atoms with Crippen LogP contribution in [-0.4, -0.2) is 30.2 Å². The second-order valence-electron chi connectivity index (χ2n) is 3.29. The topological polar surface area (TPSA) is 12.5 Å². The fourth-order valence-electron chi connectivity index (χ4n) is 1.92. The molecule has 0 spiro atoms. The van der Waals surface area contributed by atoms with Crippen LogP contribution in [0.3, 0.4) is 0 Å². The number of nitrogens with zero attached hydrogens (tertiary/aromatic N) is 1. The minimum atomic E-state index is 0.618. The van der Waals surface area contributed by atoms with Crippen molar-refractivity contribution < 1.29 is 4.74 Å². The summed E-state index contributed by atoms with van der Waals surface area (Å²) in [6.07, 6.45) is 3.92. The first-order valence-corrected chi connectivity index (χ1v) is 4.04. The lowest BCUT2D eigenvalue weighted by Crippen LogP contribution is -2.51. The van der Waals surface area contributed by atoms with Gasteiger partial charge in [-0.3, -0.25) is 7.05 Å². The van der Waals surface area contributed by atoms with Gasteiger partial charge in [0.05, 0.1) is 13.2 Å². The Kier molecular flexibility index (Phi) is 1.66. The summed E-state index contributed by atoms with van der Waals surface area (Å²) in [5.41, 5.74) is 0. The molecule has 2 fully saturated rings. The lowest BCUT2D eigenvalue weighted by atomic mass is 9.95. The molecule has 2 aliphatic heterocycles. The zero-order chi connectivity index (χ0) is 6.97. The normalized spacial score (nSPS) is 41.7. The lowest BCUT2D eigenvalue weighted by Gasteiger charge is -2.49. The van der Waals surface area contributed by atoms with E-state index in [-0.39, 0.29) is 0 Å². The van der Waals surface area contributed by atoms with Crippen molar-refractivity contribution in [2.75, 3.05) is 13.2 Å². The number of fused-ring (bicyclic) bond motifs is 2. The largest absolute Gasteiger partial charge is 0.450 e. The molecule has 2 saturated heterocycles. The monoisotopic (exact) mass is 140 g/mol. The Morgan fingerprint density at radius 3 is 2.30 bits per heavy atom. The van der Waals surface area contributed by atoms with Gasteiger partial charge in [0.1, 0.15) is 0 Å². The Labute approximate surface area is 62.2 Å². The first kappa shape index (κ1) is 6.62. The van der Waals surface area contributed by atoms with Crippen LogP contribution in [0.2, 0.25) is 0 Å². The molecule has 0 N–H and O–H groups in total. The molecule has 10 heavy (non-hydrogen) atoms. The highest BCUT2D eigenvalue weighted by Gasteiger charge is 2.27. The smallest absolute Gasteiger partial charge is 0.0598 e. The zero-order valence-corrected chi connectivity index (χ0v) is 6.25. The van der Waals surface area contributed by atoms with E-state index in [0.717, 1.165) is 13.2 Å². The maximum atomic E-state index is 5.43. The van der Waals surface area contributed by atoms with Gasteiger partial charge in [-0.05, 0) is 12.8 Å². The summed E-state index contributed by atoms with van der Waals surface area (Å²) in [5, 5.41) is 0. The minimum absolute atomic E-state index is 0.618. The van der Waals surface area contributed by atoms with Gasteiger partial charge in [0.25, 0.3) is 0 Å². The highest BCUT2D eigenvalue weighted by molar-refractivity contribution is 4.87. The first-order chi connectivity index (χ1) is 4.88. The van der Waals surface area contributed by atoms with E-state index in [0.29, 0.717) is 12.1 Å². The summed E-state index contributed by atoms with van der Waals surface area (Å²) in [7, 11) is 4.04. The van der Waals surface area contributed by atoms with Crippen LogP contribution in [0.1, 0.15) is 19.3 Å². The van der Waals surface area contributed by atoms with Crippen LogP contribution in [0.25, 0.3) is 0 Å². The van der Waals surface area contributed by atoms with E-state index in [1.54, 1.807) is 0 Å². The van der Waals surface area contributed by atoms with Crippen molar-refractivity contribution in [1.29, 1.82) is 0 Å². The molecule has 2 nitrogen and oxygen atoms in total. The van der Waals surface area contributed by atoms with Crippen LogP contribution in [-0.2, 0) is 4.74 Å². The molecule has 2 heteroatoms. The number of hydrogen-bond donors (Lipinski definition) is 0. The molecule has 0 radical (unpaired) electrons. The molecule has 2 aliphatic rings. The van der Waals surface area contributed by atoms with E-state index in [2.05, 4.69) is 11.9 Å². The Bertz CT molecular complexity index is 104. The molecule has 0 aliphatic carbocycles. The number of piperidine rings is 1. The number of rotatable bonds is 0. The van der Waals surface area contributed by atoms with Gasteiger partial charge >= 0.3 is 0 Å². The van der Waals surface area contributed by atoms with Gasteiger partial charge in [-0.1, -0.05) is 6.42 Å². The van der Waals surface area contributed by atoms with E-state index < -0.39 is 0 Å². The molecule has 2 unspecified atom stereocenters. The van der Waals surface area contributed by atoms with Crippen molar-refractivity contribution >= 4 is 0 Å². The van der Waals surface area contributed by atoms with E-state index in [4.69, 9.17) is 4.74 Å². The fourth-order valence-corrected chi connectivity index (χ4v) is 1.92. The molecule has 0 aromatic heterocycles. The van der Waals surface area contributed by atoms with Crippen LogP contribution in [0.4, 0.5) is 0 Å². The molecule has 58 valence electrons.